The summed E-state index contributed by atoms with van der Waals surface area (Å²) >= 11 is 0. The molecule has 0 spiro atoms. The van der Waals surface area contributed by atoms with Gasteiger partial charge in [0, 0.05) is 32.3 Å². The maximum atomic E-state index is 12.7. The quantitative estimate of drug-likeness (QED) is 0.686. The second-order valence-electron chi connectivity index (χ2n) is 8.63. The van der Waals surface area contributed by atoms with E-state index in [4.69, 9.17) is 9.16 Å². The van der Waals surface area contributed by atoms with Gasteiger partial charge in [0.2, 0.25) is 5.91 Å². The number of anilines is 1. The highest BCUT2D eigenvalue weighted by Crippen LogP contribution is 2.37. The van der Waals surface area contributed by atoms with Crippen LogP contribution in [0.15, 0.2) is 24.3 Å². The summed E-state index contributed by atoms with van der Waals surface area (Å²) in [5.41, 5.74) is 0.894. The number of nitrogens with zero attached hydrogens (tertiary/aromatic N) is 1. The Morgan fingerprint density at radius 2 is 1.73 bits per heavy atom. The van der Waals surface area contributed by atoms with Crippen molar-refractivity contribution in [3.8, 4) is 5.75 Å². The average molecular weight is 381 g/mol. The van der Waals surface area contributed by atoms with Crippen molar-refractivity contribution in [3.63, 3.8) is 0 Å². The zero-order valence-electron chi connectivity index (χ0n) is 17.8. The SMILES string of the molecule is COc1ccc(N[C@H](C(=O)N(C)C)[C@@H](C)CO[Si](C)(C)C(C)(C)C)cc1. The summed E-state index contributed by atoms with van der Waals surface area (Å²) in [6, 6.07) is 7.28. The number of benzene rings is 1. The summed E-state index contributed by atoms with van der Waals surface area (Å²) in [6.07, 6.45) is 0. The summed E-state index contributed by atoms with van der Waals surface area (Å²) in [7, 11) is 3.36. The Bertz CT molecular complexity index is 580. The molecule has 2 atom stereocenters. The lowest BCUT2D eigenvalue weighted by molar-refractivity contribution is -0.130. The number of hydrogen-bond donors (Lipinski definition) is 1. The van der Waals surface area contributed by atoms with Gasteiger partial charge in [-0.25, -0.2) is 0 Å². The first-order valence-corrected chi connectivity index (χ1v) is 12.1. The first kappa shape index (κ1) is 22.5. The third-order valence-corrected chi connectivity index (χ3v) is 9.70. The molecule has 0 aliphatic heterocycles. The van der Waals surface area contributed by atoms with Crippen LogP contribution in [0.1, 0.15) is 27.7 Å². The van der Waals surface area contributed by atoms with E-state index in [0.717, 1.165) is 11.4 Å². The van der Waals surface area contributed by atoms with Gasteiger partial charge >= 0.3 is 0 Å². The Kier molecular flexibility index (Phi) is 7.71. The summed E-state index contributed by atoms with van der Waals surface area (Å²) < 4.78 is 11.5. The van der Waals surface area contributed by atoms with E-state index in [1.165, 1.54) is 0 Å². The minimum absolute atomic E-state index is 0.0427. The molecule has 0 aromatic heterocycles. The van der Waals surface area contributed by atoms with Gasteiger partial charge in [-0.15, -0.1) is 0 Å². The van der Waals surface area contributed by atoms with Gasteiger partial charge in [0.1, 0.15) is 11.8 Å². The van der Waals surface area contributed by atoms with Crippen LogP contribution < -0.4 is 10.1 Å². The van der Waals surface area contributed by atoms with E-state index in [0.29, 0.717) is 6.61 Å². The molecule has 0 saturated heterocycles. The van der Waals surface area contributed by atoms with Crippen LogP contribution in [0.2, 0.25) is 18.1 Å². The molecule has 0 saturated carbocycles. The van der Waals surface area contributed by atoms with E-state index in [1.807, 2.05) is 24.3 Å². The average Bonchev–Trinajstić information content (AvgIpc) is 2.56. The first-order chi connectivity index (χ1) is 11.9. The molecular formula is C20H36N2O3Si. The van der Waals surface area contributed by atoms with Crippen LogP contribution in [0.5, 0.6) is 5.75 Å². The molecular weight excluding hydrogens is 344 g/mol. The van der Waals surface area contributed by atoms with Crippen LogP contribution in [0, 0.1) is 5.92 Å². The second kappa shape index (κ2) is 8.91. The number of amides is 1. The number of ether oxygens (including phenoxy) is 1. The highest BCUT2D eigenvalue weighted by Gasteiger charge is 2.38. The van der Waals surface area contributed by atoms with E-state index in [1.54, 1.807) is 26.1 Å². The summed E-state index contributed by atoms with van der Waals surface area (Å²) in [6.45, 7) is 13.8. The zero-order chi connectivity index (χ0) is 20.1. The summed E-state index contributed by atoms with van der Waals surface area (Å²) in [4.78, 5) is 14.4. The van der Waals surface area contributed by atoms with Gasteiger partial charge in [0.05, 0.1) is 7.11 Å². The number of hydrogen-bond acceptors (Lipinski definition) is 4. The fourth-order valence-electron chi connectivity index (χ4n) is 2.24. The first-order valence-electron chi connectivity index (χ1n) is 9.14. The van der Waals surface area contributed by atoms with Gasteiger partial charge in [0.25, 0.3) is 0 Å². The molecule has 0 radical (unpaired) electrons. The van der Waals surface area contributed by atoms with Gasteiger partial charge in [-0.1, -0.05) is 27.7 Å². The van der Waals surface area contributed by atoms with Gasteiger partial charge in [-0.3, -0.25) is 4.79 Å². The van der Waals surface area contributed by atoms with Crippen molar-refractivity contribution in [2.24, 2.45) is 5.92 Å². The van der Waals surface area contributed by atoms with Gasteiger partial charge < -0.3 is 19.4 Å². The van der Waals surface area contributed by atoms with Crippen LogP contribution in [-0.4, -0.2) is 53.0 Å². The number of carbonyl (C=O) groups is 1. The molecule has 0 aliphatic carbocycles. The van der Waals surface area contributed by atoms with Crippen molar-refractivity contribution >= 4 is 19.9 Å². The Morgan fingerprint density at radius 1 is 1.19 bits per heavy atom. The molecule has 148 valence electrons. The zero-order valence-corrected chi connectivity index (χ0v) is 18.8. The molecule has 1 aromatic carbocycles. The summed E-state index contributed by atoms with van der Waals surface area (Å²) in [5.74, 6) is 0.883. The maximum Gasteiger partial charge on any atom is 0.244 e. The van der Waals surface area contributed by atoms with E-state index in [-0.39, 0.29) is 22.9 Å². The van der Waals surface area contributed by atoms with E-state index >= 15 is 0 Å². The lowest BCUT2D eigenvalue weighted by Gasteiger charge is -2.38. The molecule has 1 N–H and O–H groups in total. The standard InChI is InChI=1S/C20H36N2O3Si/c1-15(14-25-26(8,9)20(2,3)4)18(19(23)22(5)6)21-16-10-12-17(24-7)13-11-16/h10-13,15,18,21H,14H2,1-9H3/t15-,18-/m0/s1. The van der Waals surface area contributed by atoms with Gasteiger partial charge in [-0.05, 0) is 42.4 Å². The van der Waals surface area contributed by atoms with Crippen LogP contribution in [0.4, 0.5) is 5.69 Å². The summed E-state index contributed by atoms with van der Waals surface area (Å²) in [5, 5.41) is 3.52. The topological polar surface area (TPSA) is 50.8 Å². The Hall–Kier alpha value is -1.53. The Morgan fingerprint density at radius 3 is 2.15 bits per heavy atom. The molecule has 26 heavy (non-hydrogen) atoms. The molecule has 1 amide bonds. The van der Waals surface area contributed by atoms with Gasteiger partial charge in [0.15, 0.2) is 8.32 Å². The van der Waals surface area contributed by atoms with Crippen molar-refractivity contribution in [1.29, 1.82) is 0 Å². The fraction of sp³-hybridized carbons (Fsp3) is 0.650. The molecule has 5 nitrogen and oxygen atoms in total. The minimum atomic E-state index is -1.85. The third kappa shape index (κ3) is 6.02. The van der Waals surface area contributed by atoms with Crippen LogP contribution >= 0.6 is 0 Å². The number of rotatable bonds is 8. The van der Waals surface area contributed by atoms with Crippen LogP contribution in [0.25, 0.3) is 0 Å². The molecule has 1 rings (SSSR count). The van der Waals surface area contributed by atoms with Crippen molar-refractivity contribution in [1.82, 2.24) is 4.90 Å². The molecule has 6 heteroatoms. The van der Waals surface area contributed by atoms with Crippen molar-refractivity contribution < 1.29 is 14.0 Å². The second-order valence-corrected chi connectivity index (χ2v) is 13.4. The van der Waals surface area contributed by atoms with Crippen molar-refractivity contribution in [2.75, 3.05) is 33.1 Å². The number of likely N-dealkylation sites (N-methyl/N-ethyl adjacent to an activating group) is 1. The van der Waals surface area contributed by atoms with E-state index in [2.05, 4.69) is 46.1 Å². The molecule has 0 unspecified atom stereocenters. The van der Waals surface area contributed by atoms with Crippen LogP contribution in [-0.2, 0) is 9.22 Å². The van der Waals surface area contributed by atoms with E-state index in [9.17, 15) is 4.79 Å². The normalized spacial score (nSPS) is 14.5. The monoisotopic (exact) mass is 380 g/mol. The molecule has 1 aromatic rings. The highest BCUT2D eigenvalue weighted by molar-refractivity contribution is 6.74. The number of methoxy groups -OCH3 is 1. The lowest BCUT2D eigenvalue weighted by atomic mass is 10.0. The number of nitrogens with one attached hydrogen (secondary N) is 1. The van der Waals surface area contributed by atoms with Crippen molar-refractivity contribution in [2.45, 2.75) is 51.9 Å². The molecule has 0 fully saturated rings. The fourth-order valence-corrected chi connectivity index (χ4v) is 3.36. The van der Waals surface area contributed by atoms with Crippen molar-refractivity contribution in [3.05, 3.63) is 24.3 Å². The smallest absolute Gasteiger partial charge is 0.244 e. The Balaban J connectivity index is 2.89. The third-order valence-electron chi connectivity index (χ3n) is 5.20. The Labute approximate surface area is 160 Å². The molecule has 0 aliphatic rings. The molecule has 0 heterocycles. The maximum absolute atomic E-state index is 12.7. The van der Waals surface area contributed by atoms with E-state index < -0.39 is 8.32 Å². The minimum Gasteiger partial charge on any atom is -0.497 e. The lowest BCUT2D eigenvalue weighted by Crippen LogP contribution is -2.47. The number of carbonyl (C=O) groups excluding carboxylic acids is 1. The largest absolute Gasteiger partial charge is 0.497 e. The predicted octanol–water partition coefficient (Wildman–Crippen LogP) is 4.22. The highest BCUT2D eigenvalue weighted by atomic mass is 28.4. The van der Waals surface area contributed by atoms with Crippen LogP contribution in [0.3, 0.4) is 0 Å². The van der Waals surface area contributed by atoms with Gasteiger partial charge in [-0.2, -0.15) is 0 Å². The predicted molar refractivity (Wildman–Crippen MR) is 111 cm³/mol. The molecule has 0 bridgehead atoms.